The smallest absolute Gasteiger partial charge is 0.120 e. The summed E-state index contributed by atoms with van der Waals surface area (Å²) in [5.74, 6) is 0.299. The number of para-hydroxylation sites is 1. The molecular formula is C25H31Cl3N2O. The summed E-state index contributed by atoms with van der Waals surface area (Å²) in [5.41, 5.74) is 2.96. The number of phenolic OH excluding ortho intramolecular Hbond substituents is 1. The fourth-order valence-corrected chi connectivity index (χ4v) is 4.25. The first kappa shape index (κ1) is 25.6. The van der Waals surface area contributed by atoms with Crippen LogP contribution in [0.1, 0.15) is 44.9 Å². The van der Waals surface area contributed by atoms with E-state index in [1.165, 1.54) is 0 Å². The van der Waals surface area contributed by atoms with Crippen molar-refractivity contribution < 1.29 is 5.11 Å². The number of aromatic hydroxyl groups is 1. The summed E-state index contributed by atoms with van der Waals surface area (Å²) in [4.78, 5) is 4.64. The fourth-order valence-electron chi connectivity index (χ4n) is 3.80. The van der Waals surface area contributed by atoms with Crippen LogP contribution < -0.4 is 0 Å². The summed E-state index contributed by atoms with van der Waals surface area (Å²) in [6, 6.07) is 15.3. The van der Waals surface area contributed by atoms with E-state index in [1.54, 1.807) is 13.0 Å². The lowest BCUT2D eigenvalue weighted by molar-refractivity contribution is 0.132. The second-order valence-electron chi connectivity index (χ2n) is 7.06. The Balaban J connectivity index is 0.00000166. The summed E-state index contributed by atoms with van der Waals surface area (Å²) < 4.78 is 0. The van der Waals surface area contributed by atoms with Crippen LogP contribution in [0.4, 0.5) is 0 Å². The Hall–Kier alpha value is -1.65. The van der Waals surface area contributed by atoms with E-state index in [4.69, 9.17) is 34.8 Å². The van der Waals surface area contributed by atoms with Gasteiger partial charge in [0, 0.05) is 41.8 Å². The molecule has 0 radical (unpaired) electrons. The molecule has 3 nitrogen and oxygen atoms in total. The van der Waals surface area contributed by atoms with Crippen LogP contribution in [0.2, 0.25) is 5.02 Å². The molecule has 31 heavy (non-hydrogen) atoms. The first-order valence-electron chi connectivity index (χ1n) is 10.6. The van der Waals surface area contributed by atoms with E-state index in [2.05, 4.69) is 9.80 Å². The maximum atomic E-state index is 10.5. The molecule has 0 aromatic heterocycles. The Bertz CT molecular complexity index is 897. The van der Waals surface area contributed by atoms with Crippen molar-refractivity contribution in [3.63, 3.8) is 0 Å². The van der Waals surface area contributed by atoms with E-state index in [-0.39, 0.29) is 6.04 Å². The summed E-state index contributed by atoms with van der Waals surface area (Å²) in [7, 11) is 0. The van der Waals surface area contributed by atoms with E-state index in [1.807, 2.05) is 69.3 Å². The van der Waals surface area contributed by atoms with Gasteiger partial charge in [-0.2, -0.15) is 0 Å². The van der Waals surface area contributed by atoms with Gasteiger partial charge >= 0.3 is 0 Å². The van der Waals surface area contributed by atoms with Gasteiger partial charge in [-0.1, -0.05) is 85.1 Å². The Morgan fingerprint density at radius 1 is 0.968 bits per heavy atom. The number of hydrogen-bond acceptors (Lipinski definition) is 3. The first-order chi connectivity index (χ1) is 14.9. The third-order valence-electron chi connectivity index (χ3n) is 5.24. The molecule has 1 unspecified atom stereocenters. The van der Waals surface area contributed by atoms with Gasteiger partial charge in [-0.25, -0.2) is 0 Å². The second-order valence-corrected chi connectivity index (χ2v) is 8.44. The fraction of sp³-hybridized carbons (Fsp3) is 0.360. The van der Waals surface area contributed by atoms with Gasteiger partial charge in [0.25, 0.3) is 0 Å². The SMILES string of the molecule is C/C=C(\C(Cl)=C(/C)Cl)N1CCN(C(c2ccc(Cl)cc2)c2ccccc2O)CC1.CC. The number of allylic oxidation sites excluding steroid dienone is 3. The highest BCUT2D eigenvalue weighted by molar-refractivity contribution is 6.40. The number of halogens is 3. The van der Waals surface area contributed by atoms with Gasteiger partial charge in [0.05, 0.1) is 16.8 Å². The molecule has 168 valence electrons. The molecular weight excluding hydrogens is 451 g/mol. The molecule has 1 heterocycles. The van der Waals surface area contributed by atoms with Crippen LogP contribution >= 0.6 is 34.8 Å². The maximum absolute atomic E-state index is 10.5. The number of nitrogens with zero attached hydrogens (tertiary/aromatic N) is 2. The minimum absolute atomic E-state index is 0.0505. The van der Waals surface area contributed by atoms with Gasteiger partial charge in [0.15, 0.2) is 0 Å². The molecule has 1 aliphatic rings. The summed E-state index contributed by atoms with van der Waals surface area (Å²) in [6.07, 6.45) is 2.00. The molecule has 6 heteroatoms. The maximum Gasteiger partial charge on any atom is 0.120 e. The molecule has 0 aliphatic carbocycles. The molecule has 0 bridgehead atoms. The monoisotopic (exact) mass is 480 g/mol. The highest BCUT2D eigenvalue weighted by Crippen LogP contribution is 2.36. The average molecular weight is 482 g/mol. The normalized spacial score (nSPS) is 16.9. The van der Waals surface area contributed by atoms with Crippen LogP contribution in [0.3, 0.4) is 0 Å². The van der Waals surface area contributed by atoms with Gasteiger partial charge in [0.1, 0.15) is 5.75 Å². The van der Waals surface area contributed by atoms with Crippen molar-refractivity contribution in [3.05, 3.63) is 86.5 Å². The van der Waals surface area contributed by atoms with Crippen LogP contribution in [-0.4, -0.2) is 41.1 Å². The standard InChI is InChI=1S/C23H25Cl3N2O.C2H6/c1-3-20(22(26)16(2)24)27-12-14-28(15-13-27)23(17-8-10-18(25)11-9-17)19-6-4-5-7-21(19)29;1-2/h3-11,23,29H,12-15H2,1-2H3;1-2H3/b20-3+,22-16-;. The number of benzene rings is 2. The van der Waals surface area contributed by atoms with Crippen LogP contribution in [0.15, 0.2) is 70.4 Å². The zero-order valence-electron chi connectivity index (χ0n) is 18.6. The second kappa shape index (κ2) is 12.4. The predicted molar refractivity (Wildman–Crippen MR) is 134 cm³/mol. The molecule has 1 N–H and O–H groups in total. The molecule has 1 fully saturated rings. The van der Waals surface area contributed by atoms with Crippen molar-refractivity contribution in [2.75, 3.05) is 26.2 Å². The van der Waals surface area contributed by atoms with Crippen molar-refractivity contribution >= 4 is 34.8 Å². The van der Waals surface area contributed by atoms with E-state index in [0.29, 0.717) is 20.8 Å². The van der Waals surface area contributed by atoms with Gasteiger partial charge in [-0.05, 0) is 37.6 Å². The zero-order chi connectivity index (χ0) is 23.0. The Kier molecular flexibility index (Phi) is 10.2. The predicted octanol–water partition coefficient (Wildman–Crippen LogP) is 7.39. The molecule has 0 spiro atoms. The lowest BCUT2D eigenvalue weighted by atomic mass is 9.95. The highest BCUT2D eigenvalue weighted by Gasteiger charge is 2.29. The van der Waals surface area contributed by atoms with Crippen molar-refractivity contribution in [1.82, 2.24) is 9.80 Å². The van der Waals surface area contributed by atoms with Crippen molar-refractivity contribution in [1.29, 1.82) is 0 Å². The van der Waals surface area contributed by atoms with Crippen molar-refractivity contribution in [2.45, 2.75) is 33.7 Å². The van der Waals surface area contributed by atoms with Crippen molar-refractivity contribution in [2.24, 2.45) is 0 Å². The summed E-state index contributed by atoms with van der Waals surface area (Å²) >= 11 is 18.6. The quantitative estimate of drug-likeness (QED) is 0.451. The lowest BCUT2D eigenvalue weighted by Crippen LogP contribution is -2.47. The van der Waals surface area contributed by atoms with Crippen LogP contribution in [0.25, 0.3) is 0 Å². The number of rotatable bonds is 5. The summed E-state index contributed by atoms with van der Waals surface area (Å²) in [5, 5.41) is 12.4. The Labute approximate surface area is 201 Å². The van der Waals surface area contributed by atoms with E-state index in [0.717, 1.165) is 43.0 Å². The van der Waals surface area contributed by atoms with Gasteiger partial charge in [0.2, 0.25) is 0 Å². The van der Waals surface area contributed by atoms with Gasteiger partial charge in [-0.15, -0.1) is 0 Å². The third kappa shape index (κ3) is 6.43. The third-order valence-corrected chi connectivity index (χ3v) is 6.25. The number of piperazine rings is 1. The number of phenols is 1. The van der Waals surface area contributed by atoms with Crippen LogP contribution in [0, 0.1) is 0 Å². The molecule has 2 aromatic carbocycles. The molecule has 1 aliphatic heterocycles. The molecule has 1 atom stereocenters. The van der Waals surface area contributed by atoms with Crippen LogP contribution in [-0.2, 0) is 0 Å². The van der Waals surface area contributed by atoms with Crippen molar-refractivity contribution in [3.8, 4) is 5.75 Å². The molecule has 1 saturated heterocycles. The minimum atomic E-state index is -0.0505. The van der Waals surface area contributed by atoms with E-state index in [9.17, 15) is 5.11 Å². The summed E-state index contributed by atoms with van der Waals surface area (Å²) in [6.45, 7) is 11.1. The Morgan fingerprint density at radius 2 is 1.55 bits per heavy atom. The number of hydrogen-bond donors (Lipinski definition) is 1. The molecule has 3 rings (SSSR count). The largest absolute Gasteiger partial charge is 0.508 e. The zero-order valence-corrected chi connectivity index (χ0v) is 20.8. The molecule has 0 saturated carbocycles. The topological polar surface area (TPSA) is 26.7 Å². The lowest BCUT2D eigenvalue weighted by Gasteiger charge is -2.41. The first-order valence-corrected chi connectivity index (χ1v) is 11.8. The highest BCUT2D eigenvalue weighted by atomic mass is 35.5. The Morgan fingerprint density at radius 3 is 2.06 bits per heavy atom. The van der Waals surface area contributed by atoms with E-state index < -0.39 is 0 Å². The molecule has 0 amide bonds. The molecule has 2 aromatic rings. The van der Waals surface area contributed by atoms with E-state index >= 15 is 0 Å². The van der Waals surface area contributed by atoms with Gasteiger partial charge in [-0.3, -0.25) is 4.90 Å². The van der Waals surface area contributed by atoms with Gasteiger partial charge < -0.3 is 10.0 Å². The average Bonchev–Trinajstić information content (AvgIpc) is 2.79. The van der Waals surface area contributed by atoms with Crippen LogP contribution in [0.5, 0.6) is 5.75 Å². The minimum Gasteiger partial charge on any atom is -0.508 e.